The fourth-order valence-corrected chi connectivity index (χ4v) is 1.71. The molecule has 0 unspecified atom stereocenters. The largest absolute Gasteiger partial charge is 0.497 e. The molecule has 0 saturated heterocycles. The SMILES string of the molecule is COc1ccc(CN(C)C(=O)CNC(=O)CN)c(OC)c1. The highest BCUT2D eigenvalue weighted by Gasteiger charge is 2.13. The smallest absolute Gasteiger partial charge is 0.242 e. The minimum absolute atomic E-state index is 0.0784. The second-order valence-electron chi connectivity index (χ2n) is 4.41. The first-order chi connectivity index (χ1) is 10.0. The van der Waals surface area contributed by atoms with Crippen molar-refractivity contribution in [3.63, 3.8) is 0 Å². The molecule has 0 aromatic heterocycles. The van der Waals surface area contributed by atoms with Crippen molar-refractivity contribution in [3.8, 4) is 11.5 Å². The van der Waals surface area contributed by atoms with Crippen LogP contribution >= 0.6 is 0 Å². The van der Waals surface area contributed by atoms with Crippen molar-refractivity contribution in [1.29, 1.82) is 0 Å². The summed E-state index contributed by atoms with van der Waals surface area (Å²) in [4.78, 5) is 24.4. The molecular weight excluding hydrogens is 274 g/mol. The van der Waals surface area contributed by atoms with Crippen LogP contribution in [0.4, 0.5) is 0 Å². The Hall–Kier alpha value is -2.28. The number of hydrogen-bond donors (Lipinski definition) is 2. The highest BCUT2D eigenvalue weighted by atomic mass is 16.5. The van der Waals surface area contributed by atoms with Crippen LogP contribution < -0.4 is 20.5 Å². The number of rotatable bonds is 7. The van der Waals surface area contributed by atoms with E-state index in [0.29, 0.717) is 18.0 Å². The quantitative estimate of drug-likeness (QED) is 0.722. The van der Waals surface area contributed by atoms with Gasteiger partial charge in [-0.1, -0.05) is 0 Å². The topological polar surface area (TPSA) is 93.9 Å². The van der Waals surface area contributed by atoms with E-state index < -0.39 is 0 Å². The first-order valence-corrected chi connectivity index (χ1v) is 6.43. The van der Waals surface area contributed by atoms with E-state index in [1.807, 2.05) is 6.07 Å². The average molecular weight is 295 g/mol. The standard InChI is InChI=1S/C14H21N3O4/c1-17(14(19)8-16-13(18)7-15)9-10-4-5-11(20-2)6-12(10)21-3/h4-6H,7-9,15H2,1-3H3,(H,16,18). The Morgan fingerprint density at radius 3 is 2.57 bits per heavy atom. The third-order valence-electron chi connectivity index (χ3n) is 2.95. The van der Waals surface area contributed by atoms with Gasteiger partial charge < -0.3 is 25.4 Å². The fourth-order valence-electron chi connectivity index (χ4n) is 1.71. The van der Waals surface area contributed by atoms with Gasteiger partial charge in [-0.3, -0.25) is 9.59 Å². The molecule has 0 bridgehead atoms. The van der Waals surface area contributed by atoms with Crippen LogP contribution in [0.1, 0.15) is 5.56 Å². The zero-order chi connectivity index (χ0) is 15.8. The van der Waals surface area contributed by atoms with Gasteiger partial charge >= 0.3 is 0 Å². The molecule has 0 aliphatic rings. The fraction of sp³-hybridized carbons (Fsp3) is 0.429. The number of hydrogen-bond acceptors (Lipinski definition) is 5. The van der Waals surface area contributed by atoms with E-state index in [9.17, 15) is 9.59 Å². The van der Waals surface area contributed by atoms with E-state index in [1.54, 1.807) is 33.4 Å². The monoisotopic (exact) mass is 295 g/mol. The summed E-state index contributed by atoms with van der Waals surface area (Å²) in [5.41, 5.74) is 6.00. The third kappa shape index (κ3) is 4.96. The van der Waals surface area contributed by atoms with Gasteiger partial charge in [0.15, 0.2) is 0 Å². The summed E-state index contributed by atoms with van der Waals surface area (Å²) >= 11 is 0. The molecule has 3 N–H and O–H groups in total. The first kappa shape index (κ1) is 16.8. The van der Waals surface area contributed by atoms with E-state index in [0.717, 1.165) is 5.56 Å². The number of amides is 2. The van der Waals surface area contributed by atoms with E-state index in [2.05, 4.69) is 5.32 Å². The highest BCUT2D eigenvalue weighted by molar-refractivity contribution is 5.85. The van der Waals surface area contributed by atoms with Gasteiger partial charge in [0.25, 0.3) is 0 Å². The molecule has 0 heterocycles. The molecule has 7 heteroatoms. The number of nitrogens with two attached hydrogens (primary N) is 1. The lowest BCUT2D eigenvalue weighted by Crippen LogP contribution is -2.40. The van der Waals surface area contributed by atoms with Crippen LogP contribution in [0.5, 0.6) is 11.5 Å². The summed E-state index contributed by atoms with van der Waals surface area (Å²) < 4.78 is 10.4. The number of carbonyl (C=O) groups excluding carboxylic acids is 2. The minimum Gasteiger partial charge on any atom is -0.497 e. The Morgan fingerprint density at radius 2 is 2.00 bits per heavy atom. The number of benzene rings is 1. The zero-order valence-corrected chi connectivity index (χ0v) is 12.5. The van der Waals surface area contributed by atoms with Crippen LogP contribution in [0, 0.1) is 0 Å². The zero-order valence-electron chi connectivity index (χ0n) is 12.5. The maximum atomic E-state index is 11.9. The van der Waals surface area contributed by atoms with Crippen molar-refractivity contribution in [3.05, 3.63) is 23.8 Å². The molecule has 0 fully saturated rings. The number of nitrogens with zero attached hydrogens (tertiary/aromatic N) is 1. The van der Waals surface area contributed by atoms with Gasteiger partial charge in [0, 0.05) is 25.2 Å². The van der Waals surface area contributed by atoms with Crippen molar-refractivity contribution in [2.45, 2.75) is 6.54 Å². The molecule has 116 valence electrons. The maximum Gasteiger partial charge on any atom is 0.242 e. The number of nitrogens with one attached hydrogen (secondary N) is 1. The molecule has 0 aliphatic carbocycles. The highest BCUT2D eigenvalue weighted by Crippen LogP contribution is 2.25. The van der Waals surface area contributed by atoms with Gasteiger partial charge in [0.05, 0.1) is 27.3 Å². The maximum absolute atomic E-state index is 11.9. The molecule has 21 heavy (non-hydrogen) atoms. The van der Waals surface area contributed by atoms with Crippen molar-refractivity contribution in [2.24, 2.45) is 5.73 Å². The molecule has 0 aliphatic heterocycles. The summed E-state index contributed by atoms with van der Waals surface area (Å²) in [5.74, 6) is 0.744. The normalized spacial score (nSPS) is 9.90. The number of ether oxygens (including phenoxy) is 2. The van der Waals surface area contributed by atoms with Crippen LogP contribution in [0.15, 0.2) is 18.2 Å². The van der Waals surface area contributed by atoms with Crippen LogP contribution in [0.3, 0.4) is 0 Å². The van der Waals surface area contributed by atoms with E-state index in [4.69, 9.17) is 15.2 Å². The van der Waals surface area contributed by atoms with Gasteiger partial charge in [0.1, 0.15) is 11.5 Å². The Bertz CT molecular complexity index is 505. The van der Waals surface area contributed by atoms with Crippen molar-refractivity contribution >= 4 is 11.8 Å². The van der Waals surface area contributed by atoms with Crippen molar-refractivity contribution in [1.82, 2.24) is 10.2 Å². The summed E-state index contributed by atoms with van der Waals surface area (Å²) in [7, 11) is 4.78. The van der Waals surface area contributed by atoms with Gasteiger partial charge in [0.2, 0.25) is 11.8 Å². The number of carbonyl (C=O) groups is 2. The molecule has 0 saturated carbocycles. The summed E-state index contributed by atoms with van der Waals surface area (Å²) in [5, 5.41) is 2.44. The Labute approximate surface area is 124 Å². The Morgan fingerprint density at radius 1 is 1.29 bits per heavy atom. The number of likely N-dealkylation sites (N-methyl/N-ethyl adjacent to an activating group) is 1. The number of methoxy groups -OCH3 is 2. The van der Waals surface area contributed by atoms with Crippen LogP contribution in [-0.2, 0) is 16.1 Å². The van der Waals surface area contributed by atoms with Gasteiger partial charge in [-0.25, -0.2) is 0 Å². The lowest BCUT2D eigenvalue weighted by Gasteiger charge is -2.19. The lowest BCUT2D eigenvalue weighted by atomic mass is 10.1. The van der Waals surface area contributed by atoms with E-state index in [-0.39, 0.29) is 24.9 Å². The van der Waals surface area contributed by atoms with Crippen molar-refractivity contribution in [2.75, 3.05) is 34.4 Å². The first-order valence-electron chi connectivity index (χ1n) is 6.43. The minimum atomic E-state index is -0.362. The molecule has 1 aromatic rings. The molecule has 7 nitrogen and oxygen atoms in total. The Kier molecular flexibility index (Phi) is 6.48. The third-order valence-corrected chi connectivity index (χ3v) is 2.95. The predicted octanol–water partition coefficient (Wildman–Crippen LogP) is -0.263. The van der Waals surface area contributed by atoms with E-state index in [1.165, 1.54) is 4.90 Å². The predicted molar refractivity (Wildman–Crippen MR) is 78.1 cm³/mol. The molecular formula is C14H21N3O4. The summed E-state index contributed by atoms with van der Waals surface area (Å²) in [6, 6.07) is 5.39. The van der Waals surface area contributed by atoms with Crippen LogP contribution in [0.2, 0.25) is 0 Å². The van der Waals surface area contributed by atoms with E-state index >= 15 is 0 Å². The summed E-state index contributed by atoms with van der Waals surface area (Å²) in [6.07, 6.45) is 0. The second-order valence-corrected chi connectivity index (χ2v) is 4.41. The lowest BCUT2D eigenvalue weighted by molar-refractivity contribution is -0.131. The van der Waals surface area contributed by atoms with Crippen molar-refractivity contribution < 1.29 is 19.1 Å². The van der Waals surface area contributed by atoms with Gasteiger partial charge in [-0.2, -0.15) is 0 Å². The van der Waals surface area contributed by atoms with Crippen LogP contribution in [-0.4, -0.2) is 51.1 Å². The van der Waals surface area contributed by atoms with Crippen LogP contribution in [0.25, 0.3) is 0 Å². The second kappa shape index (κ2) is 8.11. The molecule has 1 rings (SSSR count). The summed E-state index contributed by atoms with van der Waals surface area (Å²) in [6.45, 7) is 0.152. The molecule has 0 atom stereocenters. The molecule has 1 aromatic carbocycles. The molecule has 0 spiro atoms. The van der Waals surface area contributed by atoms with Gasteiger partial charge in [-0.05, 0) is 12.1 Å². The van der Waals surface area contributed by atoms with Gasteiger partial charge in [-0.15, -0.1) is 0 Å². The Balaban J connectivity index is 2.67. The molecule has 2 amide bonds. The molecule has 0 radical (unpaired) electrons. The average Bonchev–Trinajstić information content (AvgIpc) is 2.52.